The first-order valence-corrected chi connectivity index (χ1v) is 10.9. The Morgan fingerprint density at radius 3 is 2.56 bits per heavy atom. The van der Waals surface area contributed by atoms with Gasteiger partial charge in [0.25, 0.3) is 0 Å². The predicted molar refractivity (Wildman–Crippen MR) is 126 cm³/mol. The topological polar surface area (TPSA) is 83.5 Å². The lowest BCUT2D eigenvalue weighted by Crippen LogP contribution is -2.44. The molecular formula is C24H30N6O2. The molecule has 1 aliphatic heterocycles. The molecule has 168 valence electrons. The number of rotatable bonds is 4. The van der Waals surface area contributed by atoms with Crippen molar-refractivity contribution >= 4 is 22.8 Å². The third-order valence-corrected chi connectivity index (χ3v) is 5.27. The number of nitrogens with one attached hydrogen (secondary N) is 1. The molecule has 3 aromatic heterocycles. The molecule has 0 atom stereocenters. The molecule has 0 bridgehead atoms. The van der Waals surface area contributed by atoms with Crippen LogP contribution in [-0.4, -0.2) is 64.8 Å². The maximum Gasteiger partial charge on any atom is 0.407 e. The summed E-state index contributed by atoms with van der Waals surface area (Å²) in [5, 5.41) is 3.68. The van der Waals surface area contributed by atoms with Crippen molar-refractivity contribution in [3.63, 3.8) is 0 Å². The van der Waals surface area contributed by atoms with Gasteiger partial charge in [-0.15, -0.1) is 0 Å². The monoisotopic (exact) mass is 434 g/mol. The highest BCUT2D eigenvalue weighted by Gasteiger charge is 2.17. The van der Waals surface area contributed by atoms with Crippen LogP contribution in [-0.2, 0) is 11.3 Å². The SMILES string of the molecule is CN1CCN(c2cccc(-c3ccc4cnc(CNC(=O)OC(C)(C)C)cc4n3)n2)CC1. The van der Waals surface area contributed by atoms with Gasteiger partial charge in [0.15, 0.2) is 0 Å². The number of amides is 1. The fourth-order valence-corrected chi connectivity index (χ4v) is 3.55. The van der Waals surface area contributed by atoms with E-state index in [1.165, 1.54) is 0 Å². The van der Waals surface area contributed by atoms with Crippen molar-refractivity contribution in [2.24, 2.45) is 0 Å². The Hall–Kier alpha value is -3.26. The molecular weight excluding hydrogens is 404 g/mol. The Morgan fingerprint density at radius 2 is 1.81 bits per heavy atom. The van der Waals surface area contributed by atoms with Crippen LogP contribution in [0.5, 0.6) is 0 Å². The fraction of sp³-hybridized carbons (Fsp3) is 0.417. The standard InChI is InChI=1S/C24H30N6O2/c1-24(2,3)32-23(31)26-16-18-14-21-17(15-25-18)8-9-20(27-21)19-6-5-7-22(28-19)30-12-10-29(4)11-13-30/h5-9,14-15H,10-13,16H2,1-4H3,(H,26,31). The van der Waals surface area contributed by atoms with E-state index >= 15 is 0 Å². The molecule has 8 heteroatoms. The largest absolute Gasteiger partial charge is 0.444 e. The average molecular weight is 435 g/mol. The fourth-order valence-electron chi connectivity index (χ4n) is 3.55. The van der Waals surface area contributed by atoms with Crippen LogP contribution in [0.25, 0.3) is 22.3 Å². The average Bonchev–Trinajstić information content (AvgIpc) is 2.76. The molecule has 1 N–H and O–H groups in total. The van der Waals surface area contributed by atoms with Crippen LogP contribution < -0.4 is 10.2 Å². The van der Waals surface area contributed by atoms with E-state index in [4.69, 9.17) is 14.7 Å². The van der Waals surface area contributed by atoms with Gasteiger partial charge in [-0.3, -0.25) is 4.98 Å². The predicted octanol–water partition coefficient (Wildman–Crippen LogP) is 3.47. The quantitative estimate of drug-likeness (QED) is 0.673. The number of nitrogens with zero attached hydrogens (tertiary/aromatic N) is 5. The van der Waals surface area contributed by atoms with Crippen LogP contribution in [0.1, 0.15) is 26.5 Å². The molecule has 0 spiro atoms. The summed E-state index contributed by atoms with van der Waals surface area (Å²) in [7, 11) is 2.15. The Bertz CT molecular complexity index is 1100. The van der Waals surface area contributed by atoms with Gasteiger partial charge in [-0.05, 0) is 58.2 Å². The number of anilines is 1. The van der Waals surface area contributed by atoms with E-state index in [-0.39, 0.29) is 6.54 Å². The number of alkyl carbamates (subject to hydrolysis) is 1. The second kappa shape index (κ2) is 9.08. The second-order valence-corrected chi connectivity index (χ2v) is 9.09. The van der Waals surface area contributed by atoms with E-state index in [2.05, 4.69) is 33.2 Å². The number of hydrogen-bond acceptors (Lipinski definition) is 7. The van der Waals surface area contributed by atoms with Crippen LogP contribution in [0.3, 0.4) is 0 Å². The summed E-state index contributed by atoms with van der Waals surface area (Å²) in [6.45, 7) is 9.78. The third-order valence-electron chi connectivity index (χ3n) is 5.27. The summed E-state index contributed by atoms with van der Waals surface area (Å²) < 4.78 is 5.28. The van der Waals surface area contributed by atoms with Crippen molar-refractivity contribution in [1.29, 1.82) is 0 Å². The number of ether oxygens (including phenoxy) is 1. The van der Waals surface area contributed by atoms with Crippen LogP contribution >= 0.6 is 0 Å². The molecule has 0 saturated carbocycles. The number of fused-ring (bicyclic) bond motifs is 1. The lowest BCUT2D eigenvalue weighted by Gasteiger charge is -2.33. The van der Waals surface area contributed by atoms with Crippen LogP contribution in [0.15, 0.2) is 42.6 Å². The summed E-state index contributed by atoms with van der Waals surface area (Å²) in [6, 6.07) is 11.9. The summed E-state index contributed by atoms with van der Waals surface area (Å²) in [4.78, 5) is 30.7. The van der Waals surface area contributed by atoms with Gasteiger partial charge in [-0.1, -0.05) is 6.07 Å². The lowest BCUT2D eigenvalue weighted by atomic mass is 10.2. The van der Waals surface area contributed by atoms with Crippen molar-refractivity contribution in [3.05, 3.63) is 48.3 Å². The Labute approximate surface area is 188 Å². The van der Waals surface area contributed by atoms with Gasteiger partial charge in [-0.2, -0.15) is 0 Å². The molecule has 1 aliphatic rings. The molecule has 1 amide bonds. The van der Waals surface area contributed by atoms with Crippen LogP contribution in [0.4, 0.5) is 10.6 Å². The minimum atomic E-state index is -0.539. The lowest BCUT2D eigenvalue weighted by molar-refractivity contribution is 0.0523. The van der Waals surface area contributed by atoms with Crippen molar-refractivity contribution in [2.75, 3.05) is 38.1 Å². The van der Waals surface area contributed by atoms with Gasteiger partial charge >= 0.3 is 6.09 Å². The normalized spacial score (nSPS) is 15.1. The maximum absolute atomic E-state index is 11.9. The number of hydrogen-bond donors (Lipinski definition) is 1. The van der Waals surface area contributed by atoms with Crippen LogP contribution in [0.2, 0.25) is 0 Å². The highest BCUT2D eigenvalue weighted by molar-refractivity contribution is 5.80. The van der Waals surface area contributed by atoms with E-state index in [1.807, 2.05) is 51.1 Å². The molecule has 1 fully saturated rings. The highest BCUT2D eigenvalue weighted by Crippen LogP contribution is 2.23. The van der Waals surface area contributed by atoms with E-state index < -0.39 is 11.7 Å². The van der Waals surface area contributed by atoms with Gasteiger partial charge in [0.1, 0.15) is 11.4 Å². The summed E-state index contributed by atoms with van der Waals surface area (Å²) >= 11 is 0. The van der Waals surface area contributed by atoms with Crippen molar-refractivity contribution in [2.45, 2.75) is 32.9 Å². The number of pyridine rings is 3. The van der Waals surface area contributed by atoms with E-state index in [0.717, 1.165) is 54.3 Å². The molecule has 1 saturated heterocycles. The van der Waals surface area contributed by atoms with Crippen molar-refractivity contribution in [3.8, 4) is 11.4 Å². The zero-order valence-electron chi connectivity index (χ0n) is 19.1. The first kappa shape index (κ1) is 22.0. The van der Waals surface area contributed by atoms with Crippen LogP contribution in [0, 0.1) is 0 Å². The van der Waals surface area contributed by atoms with Gasteiger partial charge < -0.3 is 19.9 Å². The van der Waals surface area contributed by atoms with E-state index in [9.17, 15) is 4.79 Å². The van der Waals surface area contributed by atoms with Gasteiger partial charge in [0.2, 0.25) is 0 Å². The number of carbonyl (C=O) groups is 1. The van der Waals surface area contributed by atoms with Gasteiger partial charge in [-0.25, -0.2) is 14.8 Å². The summed E-state index contributed by atoms with van der Waals surface area (Å²) in [5.41, 5.74) is 2.64. The number of likely N-dealkylation sites (N-methyl/N-ethyl adjacent to an activating group) is 1. The zero-order chi connectivity index (χ0) is 22.7. The minimum Gasteiger partial charge on any atom is -0.444 e. The summed E-state index contributed by atoms with van der Waals surface area (Å²) in [6.07, 6.45) is 1.30. The second-order valence-electron chi connectivity index (χ2n) is 9.09. The smallest absolute Gasteiger partial charge is 0.407 e. The Kier molecular flexibility index (Phi) is 6.23. The van der Waals surface area contributed by atoms with Crippen molar-refractivity contribution < 1.29 is 9.53 Å². The molecule has 4 rings (SSSR count). The van der Waals surface area contributed by atoms with E-state index in [0.29, 0.717) is 5.69 Å². The first-order valence-electron chi connectivity index (χ1n) is 10.9. The summed E-state index contributed by atoms with van der Waals surface area (Å²) in [5.74, 6) is 0.981. The van der Waals surface area contributed by atoms with Gasteiger partial charge in [0.05, 0.1) is 29.1 Å². The number of aromatic nitrogens is 3. The highest BCUT2D eigenvalue weighted by atomic mass is 16.6. The minimum absolute atomic E-state index is 0.272. The molecule has 4 heterocycles. The van der Waals surface area contributed by atoms with Crippen molar-refractivity contribution in [1.82, 2.24) is 25.2 Å². The molecule has 0 aromatic carbocycles. The zero-order valence-corrected chi connectivity index (χ0v) is 19.1. The first-order chi connectivity index (χ1) is 15.3. The van der Waals surface area contributed by atoms with E-state index in [1.54, 1.807) is 6.20 Å². The molecule has 0 radical (unpaired) electrons. The molecule has 0 unspecified atom stereocenters. The van der Waals surface area contributed by atoms with Gasteiger partial charge in [0, 0.05) is 37.8 Å². The molecule has 8 nitrogen and oxygen atoms in total. The maximum atomic E-state index is 11.9. The number of piperazine rings is 1. The number of carbonyl (C=O) groups excluding carboxylic acids is 1. The molecule has 3 aromatic rings. The Morgan fingerprint density at radius 1 is 1.06 bits per heavy atom. The third kappa shape index (κ3) is 5.50. The Balaban J connectivity index is 1.52. The molecule has 32 heavy (non-hydrogen) atoms. The molecule has 0 aliphatic carbocycles.